The molecule has 0 bridgehead atoms. The van der Waals surface area contributed by atoms with Crippen molar-refractivity contribution in [3.63, 3.8) is 0 Å². The molecule has 8 aromatic rings. The maximum atomic E-state index is 16.0. The van der Waals surface area contributed by atoms with Gasteiger partial charge in [-0.15, -0.1) is 22.7 Å². The van der Waals surface area contributed by atoms with E-state index in [9.17, 15) is 42.1 Å². The number of para-hydroxylation sites is 4. The van der Waals surface area contributed by atoms with Crippen molar-refractivity contribution in [2.24, 2.45) is 0 Å². The number of rotatable bonds is 32. The number of unbranched alkanes of at least 4 members (excludes halogenated alkanes) is 14. The van der Waals surface area contributed by atoms with E-state index >= 15 is 9.59 Å². The molecule has 2 aromatic heterocycles. The molecule has 0 saturated carbocycles. The van der Waals surface area contributed by atoms with Crippen LogP contribution < -0.4 is 9.80 Å². The zero-order valence-corrected chi connectivity index (χ0v) is 58.8. The van der Waals surface area contributed by atoms with Gasteiger partial charge in [-0.3, -0.25) is 9.59 Å². The molecule has 6 aromatic carbocycles. The van der Waals surface area contributed by atoms with Crippen molar-refractivity contribution in [1.82, 2.24) is 9.80 Å². The average molecular weight is 1370 g/mol. The van der Waals surface area contributed by atoms with Crippen LogP contribution in [-0.4, -0.2) is 34.7 Å². The second-order valence-corrected chi connectivity index (χ2v) is 26.8. The Morgan fingerprint density at radius 1 is 0.314 bits per heavy atom. The Balaban J connectivity index is 1.12. The van der Waals surface area contributed by atoms with Crippen LogP contribution in [-0.2, 0) is 9.59 Å². The van der Waals surface area contributed by atoms with Crippen molar-refractivity contribution >= 4 is 102 Å². The normalized spacial score (nSPS) is 12.0. The number of allylic oxidation sites excluding steroid dienone is 8. The van der Waals surface area contributed by atoms with Crippen LogP contribution in [0.4, 0.5) is 34.1 Å². The molecule has 14 nitrogen and oxygen atoms in total. The van der Waals surface area contributed by atoms with Crippen molar-refractivity contribution < 1.29 is 9.59 Å². The molecule has 0 radical (unpaired) electrons. The lowest BCUT2D eigenvalue weighted by molar-refractivity contribution is -0.124. The summed E-state index contributed by atoms with van der Waals surface area (Å²) in [5.41, 5.74) is 5.54. The largest absolute Gasteiger partial charge is 0.311 e. The van der Waals surface area contributed by atoms with Crippen molar-refractivity contribution in [2.45, 2.75) is 117 Å². The summed E-state index contributed by atoms with van der Waals surface area (Å²) in [5, 5.41) is 86.5. The molecule has 0 atom stereocenters. The number of amides is 2. The van der Waals surface area contributed by atoms with E-state index in [1.54, 1.807) is 58.3 Å². The van der Waals surface area contributed by atoms with Crippen LogP contribution in [0.1, 0.15) is 147 Å². The Labute approximate surface area is 606 Å². The van der Waals surface area contributed by atoms with Crippen LogP contribution in [0.25, 0.3) is 33.7 Å². The molecule has 502 valence electrons. The van der Waals surface area contributed by atoms with Crippen LogP contribution in [0.2, 0.25) is 0 Å². The molecule has 10 rings (SSSR count). The third-order valence-corrected chi connectivity index (χ3v) is 20.3. The SMILES string of the molecule is CCCCCCCCCCN1C(=O)C2=C(c3ccc(C(=C(C#N)C#N)C(=C(C#N)C#N)c4ccc(N(c5ccccc5)c5ccccc5)cc4)s3)N(CCCCCCCCCC)C(=O)C2=C1c1ccc(C(=C(C#N)C#N)C(=C(C#N)C#N)c2ccc(N(c3ccccc3)c3ccccc3)cc2)s1. The van der Waals surface area contributed by atoms with Crippen molar-refractivity contribution in [1.29, 1.82) is 42.1 Å². The summed E-state index contributed by atoms with van der Waals surface area (Å²) in [6.45, 7) is 4.84. The fourth-order valence-corrected chi connectivity index (χ4v) is 15.5. The number of carbonyl (C=O) groups excluding carboxylic acids is 2. The first-order valence-electron chi connectivity index (χ1n) is 34.7. The number of anilines is 6. The molecule has 2 amide bonds. The van der Waals surface area contributed by atoms with Crippen molar-refractivity contribution in [3.8, 4) is 48.6 Å². The van der Waals surface area contributed by atoms with Crippen LogP contribution in [0.3, 0.4) is 0 Å². The Kier molecular flexibility index (Phi) is 25.5. The Hall–Kier alpha value is -12.4. The van der Waals surface area contributed by atoms with Gasteiger partial charge < -0.3 is 19.6 Å². The zero-order chi connectivity index (χ0) is 71.7. The van der Waals surface area contributed by atoms with Gasteiger partial charge in [-0.1, -0.05) is 201 Å². The van der Waals surface area contributed by atoms with Gasteiger partial charge in [0.2, 0.25) is 0 Å². The minimum Gasteiger partial charge on any atom is -0.311 e. The third kappa shape index (κ3) is 16.2. The minimum absolute atomic E-state index is 0.0332. The maximum absolute atomic E-state index is 16.0. The number of nitriles is 8. The first kappa shape index (κ1) is 72.4. The van der Waals surface area contributed by atoms with Gasteiger partial charge in [0.15, 0.2) is 0 Å². The summed E-state index contributed by atoms with van der Waals surface area (Å²) in [5.74, 6) is -0.834. The number of nitrogens with zero attached hydrogens (tertiary/aromatic N) is 12. The maximum Gasteiger partial charge on any atom is 0.261 e. The molecule has 16 heteroatoms. The molecule has 0 N–H and O–H groups in total. The van der Waals surface area contributed by atoms with Gasteiger partial charge in [-0.2, -0.15) is 42.1 Å². The van der Waals surface area contributed by atoms with E-state index in [1.165, 1.54) is 0 Å². The standard InChI is InChI=1S/C86H74N12O2S2/c1-3-5-7-9-11-13-15-29-51-95-83(75-49-47-73(101-75)79(65(57-91)58-92)77(63(53-87)54-88)61-39-43-71(44-40-61)97(67-31-21-17-22-32-67)68-33-23-18-24-34-68)81-82(85(95)99)84(96(86(81)100)52-30-16-14-12-10-8-6-4-2)76-50-48-74(102-76)80(66(59-93)60-94)78(64(55-89)56-90)62-41-45-72(46-42-62)98(69-35-25-19-26-36-69)70-37-27-20-28-38-70/h17-28,31-50H,3-16,29-30,51-52H2,1-2H3. The van der Waals surface area contributed by atoms with E-state index in [2.05, 4.69) is 72.2 Å². The van der Waals surface area contributed by atoms with Gasteiger partial charge in [-0.05, 0) is 121 Å². The third-order valence-electron chi connectivity index (χ3n) is 18.1. The highest BCUT2D eigenvalue weighted by molar-refractivity contribution is 7.15. The summed E-state index contributed by atoms with van der Waals surface area (Å²) >= 11 is 2.27. The molecule has 4 heterocycles. The molecule has 2 aliphatic heterocycles. The van der Waals surface area contributed by atoms with E-state index < -0.39 is 11.8 Å². The average Bonchev–Trinajstić information content (AvgIpc) is 1.55. The number of thiophene rings is 2. The number of hydrogen-bond donors (Lipinski definition) is 0. The highest BCUT2D eigenvalue weighted by Gasteiger charge is 2.49. The lowest BCUT2D eigenvalue weighted by atomic mass is 9.89. The Bertz CT molecular complexity index is 4470. The lowest BCUT2D eigenvalue weighted by Crippen LogP contribution is -2.30. The van der Waals surface area contributed by atoms with Crippen molar-refractivity contribution in [2.75, 3.05) is 22.9 Å². The van der Waals surface area contributed by atoms with Crippen LogP contribution >= 0.6 is 22.7 Å². The van der Waals surface area contributed by atoms with Crippen molar-refractivity contribution in [3.05, 3.63) is 258 Å². The van der Waals surface area contributed by atoms with Crippen LogP contribution in [0, 0.1) is 90.6 Å². The molecule has 2 aliphatic rings. The monoisotopic (exact) mass is 1370 g/mol. The van der Waals surface area contributed by atoms with E-state index in [4.69, 9.17) is 0 Å². The molecule has 102 heavy (non-hydrogen) atoms. The van der Waals surface area contributed by atoms with Crippen LogP contribution in [0.5, 0.6) is 0 Å². The van der Waals surface area contributed by atoms with Gasteiger partial charge >= 0.3 is 0 Å². The quantitative estimate of drug-likeness (QED) is 0.0217. The molecule has 0 saturated heterocycles. The second kappa shape index (κ2) is 35.9. The highest BCUT2D eigenvalue weighted by atomic mass is 32.1. The fraction of sp³-hybridized carbons (Fsp3) is 0.233. The molecular weight excluding hydrogens is 1300 g/mol. The summed E-state index contributed by atoms with van der Waals surface area (Å²) in [6.07, 6.45) is 15.8. The Morgan fingerprint density at radius 2 is 0.569 bits per heavy atom. The summed E-state index contributed by atoms with van der Waals surface area (Å²) in [7, 11) is 0. The molecule has 0 aliphatic carbocycles. The summed E-state index contributed by atoms with van der Waals surface area (Å²) in [6, 6.07) is 76.9. The van der Waals surface area contributed by atoms with Gasteiger partial charge in [0.05, 0.1) is 32.3 Å². The fourth-order valence-electron chi connectivity index (χ4n) is 13.2. The van der Waals surface area contributed by atoms with Crippen LogP contribution in [0.15, 0.2) is 228 Å². The lowest BCUT2D eigenvalue weighted by Gasteiger charge is -2.25. The molecular formula is C86H74N12O2S2. The molecule has 0 unspecified atom stereocenters. The van der Waals surface area contributed by atoms with E-state index in [0.29, 0.717) is 54.9 Å². The van der Waals surface area contributed by atoms with Gasteiger partial charge in [0.25, 0.3) is 11.8 Å². The van der Waals surface area contributed by atoms with Gasteiger partial charge in [-0.25, -0.2) is 0 Å². The highest BCUT2D eigenvalue weighted by Crippen LogP contribution is 2.52. The number of benzene rings is 6. The van der Waals surface area contributed by atoms with Gasteiger partial charge in [0.1, 0.15) is 70.8 Å². The van der Waals surface area contributed by atoms with E-state index in [1.807, 2.05) is 146 Å². The first-order valence-corrected chi connectivity index (χ1v) is 36.3. The molecule has 0 fully saturated rings. The van der Waals surface area contributed by atoms with Gasteiger partial charge in [0, 0.05) is 79.3 Å². The first-order chi connectivity index (χ1) is 50.1. The number of fused-ring (bicyclic) bond motifs is 1. The molecule has 0 spiro atoms. The smallest absolute Gasteiger partial charge is 0.261 e. The number of hydrogen-bond acceptors (Lipinski definition) is 14. The van der Waals surface area contributed by atoms with E-state index in [0.717, 1.165) is 147 Å². The second-order valence-electron chi connectivity index (χ2n) is 24.6. The zero-order valence-electron chi connectivity index (χ0n) is 57.2. The van der Waals surface area contributed by atoms with E-state index in [-0.39, 0.29) is 68.8 Å². The predicted octanol–water partition coefficient (Wildman–Crippen LogP) is 21.4. The summed E-state index contributed by atoms with van der Waals surface area (Å²) in [4.78, 5) is 41.0. The summed E-state index contributed by atoms with van der Waals surface area (Å²) < 4.78 is 0. The Morgan fingerprint density at radius 3 is 0.843 bits per heavy atom. The number of carbonyl (C=O) groups is 2. The minimum atomic E-state index is -0.417. The predicted molar refractivity (Wildman–Crippen MR) is 406 cm³/mol. The topological polar surface area (TPSA) is 237 Å².